The fourth-order valence-electron chi connectivity index (χ4n) is 4.24. The minimum Gasteiger partial charge on any atom is -0.504 e. The van der Waals surface area contributed by atoms with Gasteiger partial charge in [0.05, 0.1) is 12.8 Å². The van der Waals surface area contributed by atoms with Crippen molar-refractivity contribution in [1.29, 1.82) is 0 Å². The third-order valence-electron chi connectivity index (χ3n) is 5.68. The fraction of sp³-hybridized carbons (Fsp3) is 0.308. The van der Waals surface area contributed by atoms with Crippen molar-refractivity contribution in [3.8, 4) is 11.5 Å². The predicted octanol–water partition coefficient (Wildman–Crippen LogP) is 4.15. The molecule has 1 unspecified atom stereocenters. The Kier molecular flexibility index (Phi) is 8.07. The minimum atomic E-state index is -0.662. The molecular formula is C26H29FN2O5. The van der Waals surface area contributed by atoms with Gasteiger partial charge in [0, 0.05) is 41.5 Å². The number of nitrogens with one attached hydrogen (secondary N) is 2. The van der Waals surface area contributed by atoms with Gasteiger partial charge < -0.3 is 25.6 Å². The zero-order valence-corrected chi connectivity index (χ0v) is 19.4. The highest BCUT2D eigenvalue weighted by atomic mass is 19.1. The maximum atomic E-state index is 14.2. The number of dihydropyridines is 1. The molecule has 0 spiro atoms. The minimum absolute atomic E-state index is 0.0329. The molecule has 2 aromatic rings. The van der Waals surface area contributed by atoms with Gasteiger partial charge in [0.1, 0.15) is 5.82 Å². The first-order valence-electron chi connectivity index (χ1n) is 11.1. The zero-order chi connectivity index (χ0) is 24.8. The molecule has 0 fully saturated rings. The number of anilines is 1. The molecule has 8 heteroatoms. The molecule has 1 atom stereocenters. The van der Waals surface area contributed by atoms with Crippen molar-refractivity contribution in [1.82, 2.24) is 5.32 Å². The number of para-hydroxylation sites is 1. The average molecular weight is 469 g/mol. The second-order valence-corrected chi connectivity index (χ2v) is 7.95. The summed E-state index contributed by atoms with van der Waals surface area (Å²) in [6, 6.07) is 10.7. The highest BCUT2D eigenvalue weighted by Crippen LogP contribution is 2.44. The van der Waals surface area contributed by atoms with Crippen LogP contribution in [0.1, 0.15) is 44.6 Å². The number of ether oxygens (including phenoxy) is 1. The summed E-state index contributed by atoms with van der Waals surface area (Å²) in [4.78, 5) is 26.3. The van der Waals surface area contributed by atoms with Gasteiger partial charge in [-0.25, -0.2) is 4.39 Å². The number of Topliss-reactive ketones (excluding diaryl/α,β-unsaturated/α-hetero) is 1. The van der Waals surface area contributed by atoms with Gasteiger partial charge in [0.15, 0.2) is 17.3 Å². The molecular weight excluding hydrogens is 439 g/mol. The molecule has 0 bridgehead atoms. The highest BCUT2D eigenvalue weighted by Gasteiger charge is 2.38. The summed E-state index contributed by atoms with van der Waals surface area (Å²) in [5, 5.41) is 23.4. The third kappa shape index (κ3) is 5.12. The van der Waals surface area contributed by atoms with E-state index >= 15 is 0 Å². The van der Waals surface area contributed by atoms with Crippen LogP contribution in [0.4, 0.5) is 10.1 Å². The predicted molar refractivity (Wildman–Crippen MR) is 127 cm³/mol. The number of phenols is 1. The maximum absolute atomic E-state index is 14.2. The van der Waals surface area contributed by atoms with Crippen molar-refractivity contribution < 1.29 is 28.9 Å². The van der Waals surface area contributed by atoms with E-state index in [9.17, 15) is 19.1 Å². The van der Waals surface area contributed by atoms with Crippen LogP contribution >= 0.6 is 0 Å². The van der Waals surface area contributed by atoms with Crippen LogP contribution in [-0.2, 0) is 9.59 Å². The normalized spacial score (nSPS) is 17.3. The van der Waals surface area contributed by atoms with Gasteiger partial charge in [-0.3, -0.25) is 9.59 Å². The van der Waals surface area contributed by atoms with Gasteiger partial charge in [-0.05, 0) is 56.5 Å². The van der Waals surface area contributed by atoms with E-state index in [0.29, 0.717) is 35.2 Å². The Labute approximate surface area is 198 Å². The number of carbonyl (C=O) groups excluding carboxylic acids is 2. The van der Waals surface area contributed by atoms with E-state index in [1.807, 2.05) is 0 Å². The molecule has 2 aromatic carbocycles. The summed E-state index contributed by atoms with van der Waals surface area (Å²) in [6.45, 7) is 3.70. The van der Waals surface area contributed by atoms with E-state index in [1.54, 1.807) is 38.1 Å². The molecule has 1 heterocycles. The number of carbonyl (C=O) groups is 2. The van der Waals surface area contributed by atoms with Crippen LogP contribution in [0, 0.1) is 5.82 Å². The number of hydrogen-bond donors (Lipinski definition) is 4. The first-order valence-corrected chi connectivity index (χ1v) is 11.1. The van der Waals surface area contributed by atoms with Crippen molar-refractivity contribution >= 4 is 17.4 Å². The lowest BCUT2D eigenvalue weighted by atomic mass is 9.75. The molecule has 4 rings (SSSR count). The summed E-state index contributed by atoms with van der Waals surface area (Å²) in [5.41, 5.74) is 2.95. The Bertz CT molecular complexity index is 1160. The first kappa shape index (κ1) is 25.0. The van der Waals surface area contributed by atoms with Crippen molar-refractivity contribution in [2.75, 3.05) is 19.0 Å². The lowest BCUT2D eigenvalue weighted by Crippen LogP contribution is -2.35. The number of benzene rings is 2. The molecule has 180 valence electrons. The number of phenolic OH excluding ortho intramolecular Hbond substituents is 1. The summed E-state index contributed by atoms with van der Waals surface area (Å²) in [5.74, 6) is -1.54. The molecule has 2 aliphatic rings. The standard InChI is InChI=1S/C24H23FN2O4.C2H6O/c1-13-21(24(30)27-16-7-4-3-6-15(16)25)22(14-10-11-18(28)20(12-14)31-2)23-17(26-13)8-5-9-19(23)29;1-2-3/h3-4,6-7,10-12,22,26,28H,5,8-9H2,1-2H3,(H,27,30);3H,2H2,1H3. The van der Waals surface area contributed by atoms with Crippen molar-refractivity contribution in [2.45, 2.75) is 39.0 Å². The summed E-state index contributed by atoms with van der Waals surface area (Å²) >= 11 is 0. The molecule has 0 aromatic heterocycles. The van der Waals surface area contributed by atoms with Crippen LogP contribution in [0.15, 0.2) is 65.0 Å². The number of halogens is 1. The topological polar surface area (TPSA) is 108 Å². The van der Waals surface area contributed by atoms with E-state index in [1.165, 1.54) is 25.3 Å². The van der Waals surface area contributed by atoms with E-state index in [4.69, 9.17) is 9.84 Å². The lowest BCUT2D eigenvalue weighted by molar-refractivity contribution is -0.116. The number of aliphatic hydroxyl groups is 1. The van der Waals surface area contributed by atoms with Gasteiger partial charge in [0.25, 0.3) is 5.91 Å². The third-order valence-corrected chi connectivity index (χ3v) is 5.68. The number of aliphatic hydroxyl groups excluding tert-OH is 1. The second-order valence-electron chi connectivity index (χ2n) is 7.95. The Morgan fingerprint density at radius 1 is 1.24 bits per heavy atom. The number of hydrogen-bond acceptors (Lipinski definition) is 6. The molecule has 1 aliphatic carbocycles. The average Bonchev–Trinajstić information content (AvgIpc) is 2.80. The first-order chi connectivity index (χ1) is 16.3. The van der Waals surface area contributed by atoms with Gasteiger partial charge >= 0.3 is 0 Å². The summed E-state index contributed by atoms with van der Waals surface area (Å²) in [6.07, 6.45) is 1.83. The monoisotopic (exact) mass is 468 g/mol. The molecule has 0 saturated carbocycles. The molecule has 7 nitrogen and oxygen atoms in total. The van der Waals surface area contributed by atoms with Crippen molar-refractivity contribution in [2.24, 2.45) is 0 Å². The Morgan fingerprint density at radius 3 is 2.62 bits per heavy atom. The molecule has 1 aliphatic heterocycles. The largest absolute Gasteiger partial charge is 0.504 e. The van der Waals surface area contributed by atoms with E-state index in [2.05, 4.69) is 10.6 Å². The number of allylic oxidation sites excluding steroid dienone is 3. The van der Waals surface area contributed by atoms with Crippen molar-refractivity contribution in [3.63, 3.8) is 0 Å². The van der Waals surface area contributed by atoms with Crippen LogP contribution < -0.4 is 15.4 Å². The van der Waals surface area contributed by atoms with Gasteiger partial charge in [-0.15, -0.1) is 0 Å². The van der Waals surface area contributed by atoms with E-state index in [-0.39, 0.29) is 29.6 Å². The summed E-state index contributed by atoms with van der Waals surface area (Å²) in [7, 11) is 1.44. The molecule has 0 saturated heterocycles. The van der Waals surface area contributed by atoms with Gasteiger partial charge in [-0.2, -0.15) is 0 Å². The molecule has 0 radical (unpaired) electrons. The van der Waals surface area contributed by atoms with Crippen LogP contribution in [-0.4, -0.2) is 35.6 Å². The van der Waals surface area contributed by atoms with E-state index < -0.39 is 17.6 Å². The van der Waals surface area contributed by atoms with Crippen LogP contribution in [0.2, 0.25) is 0 Å². The quantitative estimate of drug-likeness (QED) is 0.537. The SMILES string of the molecule is CCO.COc1cc(C2C(C(=O)Nc3ccccc3F)=C(C)NC3=C2C(=O)CCC3)ccc1O. The van der Waals surface area contributed by atoms with Crippen LogP contribution in [0.25, 0.3) is 0 Å². The highest BCUT2D eigenvalue weighted by molar-refractivity contribution is 6.09. The Balaban J connectivity index is 0.00000103. The number of aromatic hydroxyl groups is 1. The molecule has 1 amide bonds. The van der Waals surface area contributed by atoms with E-state index in [0.717, 1.165) is 12.1 Å². The Morgan fingerprint density at radius 2 is 1.94 bits per heavy atom. The molecule has 34 heavy (non-hydrogen) atoms. The Hall–Kier alpha value is -3.65. The second kappa shape index (κ2) is 11.0. The van der Waals surface area contributed by atoms with Crippen molar-refractivity contribution in [3.05, 3.63) is 76.4 Å². The number of rotatable bonds is 4. The number of methoxy groups -OCH3 is 1. The smallest absolute Gasteiger partial charge is 0.254 e. The van der Waals surface area contributed by atoms with Gasteiger partial charge in [-0.1, -0.05) is 18.2 Å². The zero-order valence-electron chi connectivity index (χ0n) is 19.4. The lowest BCUT2D eigenvalue weighted by Gasteiger charge is -2.34. The summed E-state index contributed by atoms with van der Waals surface area (Å²) < 4.78 is 19.4. The number of ketones is 1. The maximum Gasteiger partial charge on any atom is 0.254 e. The van der Waals surface area contributed by atoms with Crippen LogP contribution in [0.3, 0.4) is 0 Å². The van der Waals surface area contributed by atoms with Gasteiger partial charge in [0.2, 0.25) is 0 Å². The molecule has 4 N–H and O–H groups in total. The number of amides is 1. The fourth-order valence-corrected chi connectivity index (χ4v) is 4.24. The van der Waals surface area contributed by atoms with Crippen LogP contribution in [0.5, 0.6) is 11.5 Å².